The Balaban J connectivity index is 2.74. The van der Waals surface area contributed by atoms with E-state index in [-0.39, 0.29) is 6.54 Å². The molecule has 1 aliphatic heterocycles. The first-order valence-electron chi connectivity index (χ1n) is 6.38. The van der Waals surface area contributed by atoms with Gasteiger partial charge >= 0.3 is 6.09 Å². The van der Waals surface area contributed by atoms with Crippen LogP contribution in [0.3, 0.4) is 0 Å². The van der Waals surface area contributed by atoms with E-state index in [1.165, 1.54) is 0 Å². The molecule has 1 heterocycles. The van der Waals surface area contributed by atoms with Crippen molar-refractivity contribution in [1.29, 1.82) is 0 Å². The van der Waals surface area contributed by atoms with Crippen molar-refractivity contribution in [2.24, 2.45) is 0 Å². The number of rotatable bonds is 3. The smallest absolute Gasteiger partial charge is 0.410 e. The minimum atomic E-state index is -0.934. The standard InChI is InChI=1S/C13H23FINO2/c1-12(2,3)18-11(17)16-9-10(14)8-13(16,4)6-5-7-15/h10H,5-9H2,1-4H3/t10-,13-/m1/s1. The van der Waals surface area contributed by atoms with Gasteiger partial charge in [-0.15, -0.1) is 0 Å². The topological polar surface area (TPSA) is 29.5 Å². The van der Waals surface area contributed by atoms with Crippen LogP contribution in [0.25, 0.3) is 0 Å². The van der Waals surface area contributed by atoms with Crippen LogP contribution in [0.1, 0.15) is 47.0 Å². The van der Waals surface area contributed by atoms with E-state index in [4.69, 9.17) is 4.74 Å². The molecule has 5 heteroatoms. The number of nitrogens with zero attached hydrogens (tertiary/aromatic N) is 1. The van der Waals surface area contributed by atoms with Gasteiger partial charge in [-0.3, -0.25) is 4.90 Å². The summed E-state index contributed by atoms with van der Waals surface area (Å²) >= 11 is 2.30. The molecule has 0 radical (unpaired) electrons. The van der Waals surface area contributed by atoms with E-state index >= 15 is 0 Å². The predicted molar refractivity (Wildman–Crippen MR) is 79.0 cm³/mol. The van der Waals surface area contributed by atoms with Gasteiger partial charge in [-0.1, -0.05) is 22.6 Å². The number of halogens is 2. The third kappa shape index (κ3) is 4.24. The second kappa shape index (κ2) is 5.92. The molecule has 106 valence electrons. The predicted octanol–water partition coefficient (Wildman–Crippen LogP) is 3.94. The molecule has 0 saturated carbocycles. The van der Waals surface area contributed by atoms with Crippen molar-refractivity contribution >= 4 is 28.7 Å². The zero-order valence-electron chi connectivity index (χ0n) is 11.6. The Hall–Kier alpha value is -0.0700. The fourth-order valence-corrected chi connectivity index (χ4v) is 2.75. The molecule has 0 aromatic carbocycles. The number of alkyl halides is 2. The summed E-state index contributed by atoms with van der Waals surface area (Å²) in [5.74, 6) is 0. The Morgan fingerprint density at radius 1 is 1.56 bits per heavy atom. The third-order valence-electron chi connectivity index (χ3n) is 3.16. The van der Waals surface area contributed by atoms with Gasteiger partial charge < -0.3 is 4.74 Å². The van der Waals surface area contributed by atoms with Crippen molar-refractivity contribution in [2.45, 2.75) is 64.3 Å². The number of likely N-dealkylation sites (tertiary alicyclic amines) is 1. The summed E-state index contributed by atoms with van der Waals surface area (Å²) in [7, 11) is 0. The first-order chi connectivity index (χ1) is 8.18. The van der Waals surface area contributed by atoms with Crippen molar-refractivity contribution in [3.05, 3.63) is 0 Å². The second-order valence-electron chi connectivity index (χ2n) is 6.18. The van der Waals surface area contributed by atoms with Crippen LogP contribution in [0, 0.1) is 0 Å². The van der Waals surface area contributed by atoms with Crippen LogP contribution in [0.2, 0.25) is 0 Å². The van der Waals surface area contributed by atoms with E-state index in [1.54, 1.807) is 4.90 Å². The maximum Gasteiger partial charge on any atom is 0.410 e. The fourth-order valence-electron chi connectivity index (χ4n) is 2.37. The Bertz CT molecular complexity index is 306. The molecule has 0 spiro atoms. The van der Waals surface area contributed by atoms with Gasteiger partial charge in [-0.25, -0.2) is 9.18 Å². The van der Waals surface area contributed by atoms with Gasteiger partial charge in [0.2, 0.25) is 0 Å². The van der Waals surface area contributed by atoms with E-state index in [9.17, 15) is 9.18 Å². The van der Waals surface area contributed by atoms with E-state index < -0.39 is 23.4 Å². The van der Waals surface area contributed by atoms with Crippen molar-refractivity contribution < 1.29 is 13.9 Å². The number of carbonyl (C=O) groups excluding carboxylic acids is 1. The van der Waals surface area contributed by atoms with Crippen LogP contribution in [-0.2, 0) is 4.74 Å². The lowest BCUT2D eigenvalue weighted by Crippen LogP contribution is -2.47. The van der Waals surface area contributed by atoms with Crippen LogP contribution in [0.4, 0.5) is 9.18 Å². The Morgan fingerprint density at radius 3 is 2.67 bits per heavy atom. The molecule has 1 fully saturated rings. The van der Waals surface area contributed by atoms with Gasteiger partial charge in [0.15, 0.2) is 0 Å². The van der Waals surface area contributed by atoms with Gasteiger partial charge in [-0.05, 0) is 45.0 Å². The zero-order valence-corrected chi connectivity index (χ0v) is 13.8. The highest BCUT2D eigenvalue weighted by Crippen LogP contribution is 2.36. The summed E-state index contributed by atoms with van der Waals surface area (Å²) in [6.07, 6.45) is 0.914. The third-order valence-corrected chi connectivity index (χ3v) is 3.92. The molecule has 1 aliphatic rings. The highest BCUT2D eigenvalue weighted by atomic mass is 127. The molecular weight excluding hydrogens is 348 g/mol. The number of ether oxygens (including phenoxy) is 1. The molecule has 1 rings (SSSR count). The van der Waals surface area contributed by atoms with Gasteiger partial charge in [-0.2, -0.15) is 0 Å². The fraction of sp³-hybridized carbons (Fsp3) is 0.923. The number of amides is 1. The Morgan fingerprint density at radius 2 is 2.17 bits per heavy atom. The second-order valence-corrected chi connectivity index (χ2v) is 7.26. The lowest BCUT2D eigenvalue weighted by atomic mass is 9.93. The highest BCUT2D eigenvalue weighted by Gasteiger charge is 2.45. The van der Waals surface area contributed by atoms with Crippen LogP contribution in [0.5, 0.6) is 0 Å². The molecule has 1 amide bonds. The zero-order chi connectivity index (χ0) is 14.0. The van der Waals surface area contributed by atoms with Gasteiger partial charge in [0, 0.05) is 12.0 Å². The van der Waals surface area contributed by atoms with E-state index in [0.29, 0.717) is 6.42 Å². The summed E-state index contributed by atoms with van der Waals surface area (Å²) in [6.45, 7) is 7.61. The number of carbonyl (C=O) groups is 1. The van der Waals surface area contributed by atoms with Gasteiger partial charge in [0.1, 0.15) is 11.8 Å². The minimum Gasteiger partial charge on any atom is -0.444 e. The maximum absolute atomic E-state index is 13.6. The van der Waals surface area contributed by atoms with Crippen LogP contribution < -0.4 is 0 Å². The largest absolute Gasteiger partial charge is 0.444 e. The molecule has 3 nitrogen and oxygen atoms in total. The first kappa shape index (κ1) is 16.0. The Labute approximate surface area is 123 Å². The van der Waals surface area contributed by atoms with Crippen molar-refractivity contribution in [2.75, 3.05) is 11.0 Å². The molecule has 0 aromatic heterocycles. The summed E-state index contributed by atoms with van der Waals surface area (Å²) in [5, 5.41) is 0. The van der Waals surface area contributed by atoms with E-state index in [2.05, 4.69) is 22.6 Å². The molecule has 2 atom stereocenters. The summed E-state index contributed by atoms with van der Waals surface area (Å²) in [6, 6.07) is 0. The molecule has 0 aromatic rings. The molecule has 0 unspecified atom stereocenters. The molecule has 0 N–H and O–H groups in total. The number of hydrogen-bond donors (Lipinski definition) is 0. The molecule has 18 heavy (non-hydrogen) atoms. The normalized spacial score (nSPS) is 28.6. The molecule has 1 saturated heterocycles. The molecular formula is C13H23FINO2. The lowest BCUT2D eigenvalue weighted by molar-refractivity contribution is 0.00899. The first-order valence-corrected chi connectivity index (χ1v) is 7.91. The van der Waals surface area contributed by atoms with Crippen LogP contribution in [0.15, 0.2) is 0 Å². The summed E-state index contributed by atoms with van der Waals surface area (Å²) in [5.41, 5.74) is -0.928. The molecule has 0 aliphatic carbocycles. The average Bonchev–Trinajstić information content (AvgIpc) is 2.49. The summed E-state index contributed by atoms with van der Waals surface area (Å²) in [4.78, 5) is 13.7. The van der Waals surface area contributed by atoms with Crippen molar-refractivity contribution in [3.8, 4) is 0 Å². The lowest BCUT2D eigenvalue weighted by Gasteiger charge is -2.36. The van der Waals surface area contributed by atoms with Crippen LogP contribution >= 0.6 is 22.6 Å². The van der Waals surface area contributed by atoms with Crippen molar-refractivity contribution in [3.63, 3.8) is 0 Å². The Kier molecular flexibility index (Phi) is 5.26. The average molecular weight is 371 g/mol. The minimum absolute atomic E-state index is 0.159. The SMILES string of the molecule is CC(C)(C)OC(=O)N1C[C@H](F)C[C@@]1(C)CCCI. The quantitative estimate of drug-likeness (QED) is 0.556. The maximum atomic E-state index is 13.6. The summed E-state index contributed by atoms with van der Waals surface area (Å²) < 4.78 is 20.0. The highest BCUT2D eigenvalue weighted by molar-refractivity contribution is 14.1. The monoisotopic (exact) mass is 371 g/mol. The van der Waals surface area contributed by atoms with Crippen LogP contribution in [-0.4, -0.2) is 39.3 Å². The van der Waals surface area contributed by atoms with E-state index in [0.717, 1.165) is 17.3 Å². The van der Waals surface area contributed by atoms with E-state index in [1.807, 2.05) is 27.7 Å². The molecule has 0 bridgehead atoms. The number of hydrogen-bond acceptors (Lipinski definition) is 2. The van der Waals surface area contributed by atoms with Gasteiger partial charge in [0.05, 0.1) is 6.54 Å². The van der Waals surface area contributed by atoms with Crippen molar-refractivity contribution in [1.82, 2.24) is 4.90 Å². The van der Waals surface area contributed by atoms with Gasteiger partial charge in [0.25, 0.3) is 0 Å².